The van der Waals surface area contributed by atoms with E-state index in [0.717, 1.165) is 51.4 Å². The van der Waals surface area contributed by atoms with Gasteiger partial charge in [-0.2, -0.15) is 5.26 Å². The molecule has 31 heavy (non-hydrogen) atoms. The van der Waals surface area contributed by atoms with Gasteiger partial charge in [-0.3, -0.25) is 9.59 Å². The van der Waals surface area contributed by atoms with Crippen molar-refractivity contribution in [3.63, 3.8) is 0 Å². The lowest BCUT2D eigenvalue weighted by molar-refractivity contribution is -0.140. The van der Waals surface area contributed by atoms with E-state index >= 15 is 0 Å². The van der Waals surface area contributed by atoms with E-state index in [2.05, 4.69) is 24.5 Å². The molecule has 2 amide bonds. The Balaban J connectivity index is 1.45. The van der Waals surface area contributed by atoms with Gasteiger partial charge in [-0.25, -0.2) is 4.39 Å². The average Bonchev–Trinajstić information content (AvgIpc) is 3.17. The number of amides is 2. The monoisotopic (exact) mass is 434 g/mol. The van der Waals surface area contributed by atoms with Gasteiger partial charge in [0.05, 0.1) is 19.2 Å². The third kappa shape index (κ3) is 5.58. The number of rotatable bonds is 10. The van der Waals surface area contributed by atoms with Crippen LogP contribution in [-0.4, -0.2) is 53.6 Å². The lowest BCUT2D eigenvalue weighted by Gasteiger charge is -2.53. The molecule has 7 heteroatoms. The Morgan fingerprint density at radius 1 is 1.16 bits per heavy atom. The van der Waals surface area contributed by atoms with Crippen molar-refractivity contribution in [3.05, 3.63) is 0 Å². The summed E-state index contributed by atoms with van der Waals surface area (Å²) >= 11 is 0. The molecule has 2 N–H and O–H groups in total. The standard InChI is InChI=1S/C24H39FN4O2/c1-3-4-5-6-7-18(2)28-22(31)23-8-11-24(12-9-23,13-10-23)27-16-21(30)29-17-19(25)14-20(29)15-26/h18-20,27H,3-14,16-17H2,1-2H3,(H,28,31)/t18?,19-,20-,23?,24?/m0/s1. The van der Waals surface area contributed by atoms with Crippen LogP contribution < -0.4 is 10.6 Å². The molecule has 0 radical (unpaired) electrons. The minimum atomic E-state index is -1.11. The number of fused-ring (bicyclic) bond motifs is 3. The average molecular weight is 435 g/mol. The van der Waals surface area contributed by atoms with E-state index < -0.39 is 12.2 Å². The number of carbonyl (C=O) groups excluding carboxylic acids is 2. The third-order valence-electron chi connectivity index (χ3n) is 7.93. The molecule has 1 aliphatic heterocycles. The normalized spacial score (nSPS) is 33.2. The molecule has 1 saturated heterocycles. The van der Waals surface area contributed by atoms with Crippen LogP contribution in [0.15, 0.2) is 0 Å². The summed E-state index contributed by atoms with van der Waals surface area (Å²) in [4.78, 5) is 27.0. The first kappa shape index (κ1) is 24.0. The van der Waals surface area contributed by atoms with Crippen molar-refractivity contribution in [2.24, 2.45) is 5.41 Å². The van der Waals surface area contributed by atoms with Crippen molar-refractivity contribution >= 4 is 11.8 Å². The number of nitrogens with zero attached hydrogens (tertiary/aromatic N) is 2. The number of nitriles is 1. The fourth-order valence-electron chi connectivity index (χ4n) is 5.67. The molecule has 174 valence electrons. The summed E-state index contributed by atoms with van der Waals surface area (Å²) in [6.45, 7) is 4.47. The van der Waals surface area contributed by atoms with Gasteiger partial charge in [-0.1, -0.05) is 32.6 Å². The van der Waals surface area contributed by atoms with Gasteiger partial charge in [0, 0.05) is 23.4 Å². The first-order chi connectivity index (χ1) is 14.8. The van der Waals surface area contributed by atoms with Crippen LogP contribution in [0.5, 0.6) is 0 Å². The van der Waals surface area contributed by atoms with Crippen LogP contribution >= 0.6 is 0 Å². The molecule has 0 aromatic carbocycles. The minimum absolute atomic E-state index is 0.0195. The van der Waals surface area contributed by atoms with Gasteiger partial charge < -0.3 is 15.5 Å². The lowest BCUT2D eigenvalue weighted by Crippen LogP contribution is -2.60. The molecule has 3 saturated carbocycles. The summed E-state index contributed by atoms with van der Waals surface area (Å²) in [7, 11) is 0. The van der Waals surface area contributed by atoms with E-state index in [1.54, 1.807) is 0 Å². The van der Waals surface area contributed by atoms with Crippen LogP contribution in [0, 0.1) is 16.7 Å². The number of halogens is 1. The quantitative estimate of drug-likeness (QED) is 0.515. The minimum Gasteiger partial charge on any atom is -0.353 e. The number of hydrogen-bond donors (Lipinski definition) is 2. The summed E-state index contributed by atoms with van der Waals surface area (Å²) < 4.78 is 13.6. The maximum Gasteiger partial charge on any atom is 0.237 e. The van der Waals surface area contributed by atoms with Gasteiger partial charge >= 0.3 is 0 Å². The molecule has 0 aromatic rings. The number of unbranched alkanes of at least 4 members (excludes halogenated alkanes) is 3. The van der Waals surface area contributed by atoms with Crippen molar-refractivity contribution in [3.8, 4) is 6.07 Å². The predicted octanol–water partition coefficient (Wildman–Crippen LogP) is 3.61. The second kappa shape index (κ2) is 10.3. The summed E-state index contributed by atoms with van der Waals surface area (Å²) in [6, 6.07) is 1.60. The number of nitrogens with one attached hydrogen (secondary N) is 2. The SMILES string of the molecule is CCCCCCC(C)NC(=O)C12CCC(NCC(=O)N3C[C@@H](F)C[C@H]3C#N)(CC1)CC2. The second-order valence-corrected chi connectivity index (χ2v) is 10.2. The molecule has 0 aromatic heterocycles. The van der Waals surface area contributed by atoms with E-state index in [4.69, 9.17) is 5.26 Å². The van der Waals surface area contributed by atoms with Crippen LogP contribution in [-0.2, 0) is 9.59 Å². The highest BCUT2D eigenvalue weighted by atomic mass is 19.1. The van der Waals surface area contributed by atoms with Gasteiger partial charge in [0.15, 0.2) is 0 Å². The Labute approximate surface area is 186 Å². The van der Waals surface area contributed by atoms with Crippen molar-refractivity contribution in [1.82, 2.24) is 15.5 Å². The first-order valence-electron chi connectivity index (χ1n) is 12.2. The molecule has 3 atom stereocenters. The fourth-order valence-corrected chi connectivity index (χ4v) is 5.67. The summed E-state index contributed by atoms with van der Waals surface area (Å²) in [6.07, 6.45) is 10.1. The van der Waals surface area contributed by atoms with Crippen molar-refractivity contribution in [2.75, 3.05) is 13.1 Å². The Morgan fingerprint density at radius 2 is 1.84 bits per heavy atom. The molecular formula is C24H39FN4O2. The molecular weight excluding hydrogens is 395 g/mol. The zero-order valence-electron chi connectivity index (χ0n) is 19.2. The molecule has 4 fully saturated rings. The molecule has 4 aliphatic rings. The molecule has 0 spiro atoms. The molecule has 1 heterocycles. The van der Waals surface area contributed by atoms with Crippen molar-refractivity contribution < 1.29 is 14.0 Å². The first-order valence-corrected chi connectivity index (χ1v) is 12.2. The Bertz CT molecular complexity index is 667. The molecule has 1 unspecified atom stereocenters. The Hall–Kier alpha value is -1.68. The highest BCUT2D eigenvalue weighted by molar-refractivity contribution is 5.83. The third-order valence-corrected chi connectivity index (χ3v) is 7.93. The van der Waals surface area contributed by atoms with Crippen LogP contribution in [0.3, 0.4) is 0 Å². The highest BCUT2D eigenvalue weighted by Gasteiger charge is 2.52. The number of carbonyl (C=O) groups is 2. The topological polar surface area (TPSA) is 85.2 Å². The van der Waals surface area contributed by atoms with Crippen LogP contribution in [0.1, 0.15) is 90.9 Å². The zero-order chi connectivity index (χ0) is 22.5. The maximum absolute atomic E-state index is 13.6. The second-order valence-electron chi connectivity index (χ2n) is 10.2. The summed E-state index contributed by atoms with van der Waals surface area (Å²) in [5, 5.41) is 15.9. The molecule has 2 bridgehead atoms. The van der Waals surface area contributed by atoms with E-state index in [0.29, 0.717) is 0 Å². The van der Waals surface area contributed by atoms with E-state index in [1.807, 2.05) is 6.07 Å². The molecule has 6 nitrogen and oxygen atoms in total. The van der Waals surface area contributed by atoms with Crippen LogP contribution in [0.4, 0.5) is 4.39 Å². The Morgan fingerprint density at radius 3 is 2.45 bits per heavy atom. The number of likely N-dealkylation sites (tertiary alicyclic amines) is 1. The van der Waals surface area contributed by atoms with E-state index in [9.17, 15) is 14.0 Å². The lowest BCUT2D eigenvalue weighted by atomic mass is 9.57. The van der Waals surface area contributed by atoms with E-state index in [-0.39, 0.29) is 48.3 Å². The van der Waals surface area contributed by atoms with Crippen molar-refractivity contribution in [2.45, 2.75) is 115 Å². The smallest absolute Gasteiger partial charge is 0.237 e. The van der Waals surface area contributed by atoms with Gasteiger partial charge in [-0.05, 0) is 51.9 Å². The number of alkyl halides is 1. The molecule has 3 aliphatic carbocycles. The predicted molar refractivity (Wildman–Crippen MR) is 118 cm³/mol. The maximum atomic E-state index is 13.6. The van der Waals surface area contributed by atoms with Gasteiger partial charge in [0.1, 0.15) is 12.2 Å². The largest absolute Gasteiger partial charge is 0.353 e. The van der Waals surface area contributed by atoms with Crippen LogP contribution in [0.25, 0.3) is 0 Å². The fraction of sp³-hybridized carbons (Fsp3) is 0.875. The summed E-state index contributed by atoms with van der Waals surface area (Å²) in [5.74, 6) is 0.0147. The zero-order valence-corrected chi connectivity index (χ0v) is 19.2. The van der Waals surface area contributed by atoms with E-state index in [1.165, 1.54) is 24.2 Å². The summed E-state index contributed by atoms with van der Waals surface area (Å²) in [5.41, 5.74) is -0.367. The Kier molecular flexibility index (Phi) is 7.96. The van der Waals surface area contributed by atoms with Gasteiger partial charge in [0.2, 0.25) is 11.8 Å². The highest BCUT2D eigenvalue weighted by Crippen LogP contribution is 2.52. The number of hydrogen-bond acceptors (Lipinski definition) is 4. The van der Waals surface area contributed by atoms with Crippen molar-refractivity contribution in [1.29, 1.82) is 5.26 Å². The van der Waals surface area contributed by atoms with Gasteiger partial charge in [-0.15, -0.1) is 0 Å². The molecule has 4 rings (SSSR count). The van der Waals surface area contributed by atoms with Crippen LogP contribution in [0.2, 0.25) is 0 Å². The van der Waals surface area contributed by atoms with Gasteiger partial charge in [0.25, 0.3) is 0 Å².